The molecular weight excluding hydrogens is 296 g/mol. The van der Waals surface area contributed by atoms with Gasteiger partial charge in [0.1, 0.15) is 28.8 Å². The zero-order valence-corrected chi connectivity index (χ0v) is 12.8. The highest BCUT2D eigenvalue weighted by molar-refractivity contribution is 7.98. The first-order chi connectivity index (χ1) is 10.8. The number of fused-ring (bicyclic) bond motifs is 1. The van der Waals surface area contributed by atoms with Crippen LogP contribution < -0.4 is 5.32 Å². The maximum atomic E-state index is 9.26. The molecule has 22 heavy (non-hydrogen) atoms. The van der Waals surface area contributed by atoms with Gasteiger partial charge in [0.05, 0.1) is 17.4 Å². The number of anilines is 1. The summed E-state index contributed by atoms with van der Waals surface area (Å²) in [6.07, 6.45) is 5.19. The average Bonchev–Trinajstić information content (AvgIpc) is 2.98. The number of nitrogens with zero attached hydrogens (tertiary/aromatic N) is 5. The van der Waals surface area contributed by atoms with Crippen LogP contribution in [0.5, 0.6) is 0 Å². The summed E-state index contributed by atoms with van der Waals surface area (Å²) in [4.78, 5) is 12.6. The van der Waals surface area contributed by atoms with Gasteiger partial charge in [-0.25, -0.2) is 15.0 Å². The van der Waals surface area contributed by atoms with Crippen molar-refractivity contribution in [1.82, 2.24) is 19.5 Å². The first kappa shape index (κ1) is 14.4. The Labute approximate surface area is 132 Å². The largest absolute Gasteiger partial charge is 0.367 e. The van der Waals surface area contributed by atoms with Gasteiger partial charge in [-0.2, -0.15) is 5.26 Å². The van der Waals surface area contributed by atoms with E-state index in [2.05, 4.69) is 30.9 Å². The topological polar surface area (TPSA) is 79.4 Å². The third-order valence-corrected chi connectivity index (χ3v) is 3.99. The summed E-state index contributed by atoms with van der Waals surface area (Å²) >= 11 is 1.44. The number of imidazole rings is 1. The van der Waals surface area contributed by atoms with E-state index < -0.39 is 0 Å². The monoisotopic (exact) mass is 310 g/mol. The van der Waals surface area contributed by atoms with Crippen LogP contribution in [0.15, 0.2) is 41.9 Å². The van der Waals surface area contributed by atoms with Gasteiger partial charge in [0.2, 0.25) is 0 Å². The molecule has 1 aromatic carbocycles. The fourth-order valence-electron chi connectivity index (χ4n) is 2.24. The van der Waals surface area contributed by atoms with Crippen LogP contribution in [0.3, 0.4) is 0 Å². The SMILES string of the molecule is CSc1ncnc(NCCn2cnc3ccccc32)c1C#N. The Bertz CT molecular complexity index is 835. The molecule has 0 radical (unpaired) electrons. The molecule has 0 aliphatic carbocycles. The van der Waals surface area contributed by atoms with Crippen molar-refractivity contribution >= 4 is 28.6 Å². The predicted molar refractivity (Wildman–Crippen MR) is 86.8 cm³/mol. The number of hydrogen-bond acceptors (Lipinski definition) is 6. The first-order valence-corrected chi connectivity index (χ1v) is 7.99. The molecule has 0 unspecified atom stereocenters. The minimum atomic E-state index is 0.491. The van der Waals surface area contributed by atoms with Crippen LogP contribution in [-0.4, -0.2) is 32.3 Å². The van der Waals surface area contributed by atoms with E-state index in [1.807, 2.05) is 36.8 Å². The Kier molecular flexibility index (Phi) is 4.21. The highest BCUT2D eigenvalue weighted by Gasteiger charge is 2.10. The van der Waals surface area contributed by atoms with E-state index in [0.717, 1.165) is 17.6 Å². The first-order valence-electron chi connectivity index (χ1n) is 6.76. The molecule has 3 rings (SSSR count). The highest BCUT2D eigenvalue weighted by Crippen LogP contribution is 2.21. The van der Waals surface area contributed by atoms with E-state index in [4.69, 9.17) is 0 Å². The van der Waals surface area contributed by atoms with Gasteiger partial charge in [0, 0.05) is 13.1 Å². The molecule has 3 aromatic rings. The predicted octanol–water partition coefficient (Wildman–Crippen LogP) is 2.53. The molecule has 1 N–H and O–H groups in total. The van der Waals surface area contributed by atoms with Gasteiger partial charge >= 0.3 is 0 Å². The normalized spacial score (nSPS) is 10.5. The Morgan fingerprint density at radius 3 is 2.95 bits per heavy atom. The Morgan fingerprint density at radius 2 is 2.14 bits per heavy atom. The molecule has 110 valence electrons. The van der Waals surface area contributed by atoms with E-state index >= 15 is 0 Å². The maximum Gasteiger partial charge on any atom is 0.148 e. The molecule has 0 saturated carbocycles. The van der Waals surface area contributed by atoms with Crippen molar-refractivity contribution in [1.29, 1.82) is 5.26 Å². The van der Waals surface area contributed by atoms with Crippen molar-refractivity contribution < 1.29 is 0 Å². The van der Waals surface area contributed by atoms with Crippen molar-refractivity contribution in [2.24, 2.45) is 0 Å². The molecule has 0 amide bonds. The van der Waals surface area contributed by atoms with Crippen molar-refractivity contribution in [3.8, 4) is 6.07 Å². The van der Waals surface area contributed by atoms with E-state index in [1.54, 1.807) is 0 Å². The second-order valence-electron chi connectivity index (χ2n) is 4.57. The summed E-state index contributed by atoms with van der Waals surface area (Å²) in [6, 6.07) is 10.2. The molecule has 0 spiro atoms. The Hall–Kier alpha value is -2.59. The van der Waals surface area contributed by atoms with Crippen LogP contribution in [-0.2, 0) is 6.54 Å². The number of rotatable bonds is 5. The minimum Gasteiger partial charge on any atom is -0.367 e. The lowest BCUT2D eigenvalue weighted by atomic mass is 10.3. The second kappa shape index (κ2) is 6.45. The quantitative estimate of drug-likeness (QED) is 0.576. The third kappa shape index (κ3) is 2.73. The lowest BCUT2D eigenvalue weighted by Crippen LogP contribution is -2.12. The molecule has 2 heterocycles. The third-order valence-electron chi connectivity index (χ3n) is 3.29. The van der Waals surface area contributed by atoms with Crippen LogP contribution in [0.1, 0.15) is 5.56 Å². The van der Waals surface area contributed by atoms with E-state index in [-0.39, 0.29) is 0 Å². The number of para-hydroxylation sites is 2. The molecule has 0 fully saturated rings. The molecule has 2 aromatic heterocycles. The molecule has 0 aliphatic rings. The molecule has 6 nitrogen and oxygen atoms in total. The van der Waals surface area contributed by atoms with Gasteiger partial charge in [-0.1, -0.05) is 12.1 Å². The summed E-state index contributed by atoms with van der Waals surface area (Å²) in [5.41, 5.74) is 2.56. The fraction of sp³-hybridized carbons (Fsp3) is 0.200. The summed E-state index contributed by atoms with van der Waals surface area (Å²) < 4.78 is 2.07. The zero-order chi connectivity index (χ0) is 15.4. The number of thioether (sulfide) groups is 1. The summed E-state index contributed by atoms with van der Waals surface area (Å²) in [5.74, 6) is 0.575. The van der Waals surface area contributed by atoms with Crippen molar-refractivity contribution in [3.05, 3.63) is 42.5 Å². The number of benzene rings is 1. The lowest BCUT2D eigenvalue weighted by molar-refractivity contribution is 0.746. The van der Waals surface area contributed by atoms with Gasteiger partial charge in [-0.15, -0.1) is 11.8 Å². The van der Waals surface area contributed by atoms with Gasteiger partial charge in [-0.05, 0) is 18.4 Å². The van der Waals surface area contributed by atoms with Crippen LogP contribution in [0.4, 0.5) is 5.82 Å². The molecular formula is C15H14N6S. The van der Waals surface area contributed by atoms with Crippen LogP contribution in [0.2, 0.25) is 0 Å². The molecule has 0 atom stereocenters. The minimum absolute atomic E-state index is 0.491. The fourth-order valence-corrected chi connectivity index (χ4v) is 2.74. The zero-order valence-electron chi connectivity index (χ0n) is 12.0. The summed E-state index contributed by atoms with van der Waals surface area (Å²) in [6.45, 7) is 1.39. The summed E-state index contributed by atoms with van der Waals surface area (Å²) in [7, 11) is 0. The molecule has 0 aliphatic heterocycles. The average molecular weight is 310 g/mol. The van der Waals surface area contributed by atoms with Crippen molar-refractivity contribution in [2.75, 3.05) is 18.1 Å². The number of hydrogen-bond donors (Lipinski definition) is 1. The van der Waals surface area contributed by atoms with E-state index in [0.29, 0.717) is 23.0 Å². The van der Waals surface area contributed by atoms with Crippen LogP contribution in [0, 0.1) is 11.3 Å². The Balaban J connectivity index is 1.73. The van der Waals surface area contributed by atoms with Gasteiger partial charge < -0.3 is 9.88 Å². The van der Waals surface area contributed by atoms with Crippen molar-refractivity contribution in [2.45, 2.75) is 11.6 Å². The van der Waals surface area contributed by atoms with E-state index in [1.165, 1.54) is 18.1 Å². The van der Waals surface area contributed by atoms with E-state index in [9.17, 15) is 5.26 Å². The molecule has 0 saturated heterocycles. The number of aromatic nitrogens is 4. The lowest BCUT2D eigenvalue weighted by Gasteiger charge is -2.09. The van der Waals surface area contributed by atoms with Crippen LogP contribution in [0.25, 0.3) is 11.0 Å². The van der Waals surface area contributed by atoms with Gasteiger partial charge in [-0.3, -0.25) is 0 Å². The van der Waals surface area contributed by atoms with Crippen LogP contribution >= 0.6 is 11.8 Å². The molecule has 0 bridgehead atoms. The molecule has 7 heteroatoms. The smallest absolute Gasteiger partial charge is 0.148 e. The highest BCUT2D eigenvalue weighted by atomic mass is 32.2. The second-order valence-corrected chi connectivity index (χ2v) is 5.37. The summed E-state index contributed by atoms with van der Waals surface area (Å²) in [5, 5.41) is 13.2. The Morgan fingerprint density at radius 1 is 1.27 bits per heavy atom. The standard InChI is InChI=1S/C15H14N6S/c1-22-15-11(8-16)14(18-9-19-15)17-6-7-21-10-20-12-4-2-3-5-13(12)21/h2-5,9-10H,6-7H2,1H3,(H,17,18,19). The number of nitrogens with one attached hydrogen (secondary N) is 1. The maximum absolute atomic E-state index is 9.26. The van der Waals surface area contributed by atoms with Gasteiger partial charge in [0.15, 0.2) is 0 Å². The van der Waals surface area contributed by atoms with Crippen molar-refractivity contribution in [3.63, 3.8) is 0 Å². The number of nitriles is 1. The van der Waals surface area contributed by atoms with Gasteiger partial charge in [0.25, 0.3) is 0 Å².